The highest BCUT2D eigenvalue weighted by molar-refractivity contribution is 7.13. The molecule has 1 fully saturated rings. The van der Waals surface area contributed by atoms with E-state index in [1.165, 1.54) is 17.6 Å². The molecule has 0 atom stereocenters. The molecule has 1 aliphatic rings. The van der Waals surface area contributed by atoms with Crippen LogP contribution in [0.15, 0.2) is 28.7 Å². The molecular weight excluding hydrogens is 383 g/mol. The molecule has 0 bridgehead atoms. The Morgan fingerprint density at radius 3 is 2.92 bits per heavy atom. The first kappa shape index (κ1) is 18.1. The van der Waals surface area contributed by atoms with Crippen LogP contribution in [0.1, 0.15) is 11.3 Å². The molecule has 9 heteroatoms. The molecular formula is C16H16Cl2N4O2S. The van der Waals surface area contributed by atoms with E-state index in [4.69, 9.17) is 27.9 Å². The zero-order valence-corrected chi connectivity index (χ0v) is 15.6. The van der Waals surface area contributed by atoms with Crippen molar-refractivity contribution in [2.24, 2.45) is 5.10 Å². The van der Waals surface area contributed by atoms with E-state index in [0.29, 0.717) is 23.3 Å². The van der Waals surface area contributed by atoms with Gasteiger partial charge >= 0.3 is 0 Å². The quantitative estimate of drug-likeness (QED) is 0.620. The van der Waals surface area contributed by atoms with E-state index >= 15 is 0 Å². The van der Waals surface area contributed by atoms with Gasteiger partial charge in [0.15, 0.2) is 5.13 Å². The molecule has 2 aromatic rings. The summed E-state index contributed by atoms with van der Waals surface area (Å²) in [7, 11) is 0. The molecule has 0 radical (unpaired) electrons. The molecule has 25 heavy (non-hydrogen) atoms. The molecule has 0 aliphatic carbocycles. The molecule has 1 aliphatic heterocycles. The van der Waals surface area contributed by atoms with Crippen molar-refractivity contribution in [3.8, 4) is 0 Å². The number of benzene rings is 1. The predicted molar refractivity (Wildman–Crippen MR) is 101 cm³/mol. The Labute approximate surface area is 159 Å². The Kier molecular flexibility index (Phi) is 6.25. The maximum absolute atomic E-state index is 12.0. The molecule has 0 saturated carbocycles. The van der Waals surface area contributed by atoms with Gasteiger partial charge in [0.1, 0.15) is 0 Å². The molecule has 132 valence electrons. The fourth-order valence-electron chi connectivity index (χ4n) is 2.25. The maximum atomic E-state index is 12.0. The third-order valence-electron chi connectivity index (χ3n) is 3.51. The van der Waals surface area contributed by atoms with Crippen LogP contribution in [0.3, 0.4) is 0 Å². The van der Waals surface area contributed by atoms with Gasteiger partial charge in [-0.3, -0.25) is 4.79 Å². The summed E-state index contributed by atoms with van der Waals surface area (Å²) in [4.78, 5) is 18.6. The summed E-state index contributed by atoms with van der Waals surface area (Å²) in [5, 5.41) is 7.66. The van der Waals surface area contributed by atoms with Gasteiger partial charge < -0.3 is 9.64 Å². The van der Waals surface area contributed by atoms with Gasteiger partial charge in [0, 0.05) is 18.5 Å². The van der Waals surface area contributed by atoms with Gasteiger partial charge in [-0.2, -0.15) is 5.10 Å². The fraction of sp³-hybridized carbons (Fsp3) is 0.312. The number of thiazole rings is 1. The third-order valence-corrected chi connectivity index (χ3v) is 5.20. The summed E-state index contributed by atoms with van der Waals surface area (Å²) in [6, 6.07) is 5.11. The van der Waals surface area contributed by atoms with Crippen molar-refractivity contribution in [3.05, 3.63) is 44.9 Å². The maximum Gasteiger partial charge on any atom is 0.246 e. The van der Waals surface area contributed by atoms with Crippen LogP contribution in [0.4, 0.5) is 5.13 Å². The van der Waals surface area contributed by atoms with Crippen LogP contribution in [0.5, 0.6) is 0 Å². The number of hydrogen-bond donors (Lipinski definition) is 1. The van der Waals surface area contributed by atoms with Crippen molar-refractivity contribution in [2.75, 3.05) is 31.2 Å². The number of morpholine rings is 1. The standard InChI is InChI=1S/C16H16Cl2N4O2S/c17-13-2-1-11(7-14(13)18)9-19-21-15(23)8-12-10-25-16(20-12)22-3-5-24-6-4-22/h1-2,7,9-10H,3-6,8H2,(H,21,23)/b19-9-. The Morgan fingerprint density at radius 1 is 1.36 bits per heavy atom. The van der Waals surface area contributed by atoms with E-state index in [1.807, 2.05) is 5.38 Å². The lowest BCUT2D eigenvalue weighted by atomic mass is 10.2. The summed E-state index contributed by atoms with van der Waals surface area (Å²) >= 11 is 13.3. The molecule has 1 amide bonds. The summed E-state index contributed by atoms with van der Waals surface area (Å²) in [6.45, 7) is 3.07. The van der Waals surface area contributed by atoms with Crippen LogP contribution in [-0.4, -0.2) is 43.4 Å². The number of nitrogens with zero attached hydrogens (tertiary/aromatic N) is 3. The van der Waals surface area contributed by atoms with Gasteiger partial charge in [-0.05, 0) is 17.7 Å². The predicted octanol–water partition coefficient (Wildman–Crippen LogP) is 2.98. The Morgan fingerprint density at radius 2 is 2.16 bits per heavy atom. The zero-order chi connectivity index (χ0) is 17.6. The summed E-state index contributed by atoms with van der Waals surface area (Å²) in [6.07, 6.45) is 1.69. The first-order valence-corrected chi connectivity index (χ1v) is 9.29. The highest BCUT2D eigenvalue weighted by Crippen LogP contribution is 2.22. The second-order valence-corrected chi connectivity index (χ2v) is 7.02. The van der Waals surface area contributed by atoms with Gasteiger partial charge in [-0.15, -0.1) is 11.3 Å². The second-order valence-electron chi connectivity index (χ2n) is 5.36. The number of halogens is 2. The minimum absolute atomic E-state index is 0.180. The number of carbonyl (C=O) groups excluding carboxylic acids is 1. The van der Waals surface area contributed by atoms with Crippen molar-refractivity contribution in [1.29, 1.82) is 0 Å². The first-order valence-electron chi connectivity index (χ1n) is 7.66. The topological polar surface area (TPSA) is 66.8 Å². The van der Waals surface area contributed by atoms with Crippen LogP contribution in [0.2, 0.25) is 10.0 Å². The van der Waals surface area contributed by atoms with Gasteiger partial charge in [-0.25, -0.2) is 10.4 Å². The molecule has 2 heterocycles. The average Bonchev–Trinajstić information content (AvgIpc) is 3.07. The van der Waals surface area contributed by atoms with Crippen LogP contribution in [0, 0.1) is 0 Å². The van der Waals surface area contributed by atoms with E-state index in [0.717, 1.165) is 29.5 Å². The number of nitrogens with one attached hydrogen (secondary N) is 1. The Hall–Kier alpha value is -1.67. The minimum Gasteiger partial charge on any atom is -0.378 e. The minimum atomic E-state index is -0.227. The van der Waals surface area contributed by atoms with E-state index in [2.05, 4.69) is 20.4 Å². The van der Waals surface area contributed by atoms with Gasteiger partial charge in [0.2, 0.25) is 5.91 Å². The number of anilines is 1. The highest BCUT2D eigenvalue weighted by Gasteiger charge is 2.15. The lowest BCUT2D eigenvalue weighted by molar-refractivity contribution is -0.120. The average molecular weight is 399 g/mol. The summed E-state index contributed by atoms with van der Waals surface area (Å²) in [5.74, 6) is -0.227. The third kappa shape index (κ3) is 5.15. The van der Waals surface area contributed by atoms with Crippen LogP contribution in [0.25, 0.3) is 0 Å². The Balaban J connectivity index is 1.51. The van der Waals surface area contributed by atoms with Crippen molar-refractivity contribution in [2.45, 2.75) is 6.42 Å². The van der Waals surface area contributed by atoms with Crippen molar-refractivity contribution in [3.63, 3.8) is 0 Å². The zero-order valence-electron chi connectivity index (χ0n) is 13.2. The van der Waals surface area contributed by atoms with Crippen LogP contribution >= 0.6 is 34.5 Å². The van der Waals surface area contributed by atoms with E-state index in [-0.39, 0.29) is 12.3 Å². The number of aromatic nitrogens is 1. The number of hydrogen-bond acceptors (Lipinski definition) is 6. The molecule has 0 unspecified atom stereocenters. The number of carbonyl (C=O) groups is 1. The molecule has 6 nitrogen and oxygen atoms in total. The highest BCUT2D eigenvalue weighted by atomic mass is 35.5. The SMILES string of the molecule is O=C(Cc1csc(N2CCOCC2)n1)N/N=C\c1ccc(Cl)c(Cl)c1. The monoisotopic (exact) mass is 398 g/mol. The lowest BCUT2D eigenvalue weighted by Gasteiger charge is -2.26. The molecule has 1 saturated heterocycles. The van der Waals surface area contributed by atoms with E-state index < -0.39 is 0 Å². The van der Waals surface area contributed by atoms with E-state index in [1.54, 1.807) is 18.2 Å². The van der Waals surface area contributed by atoms with Crippen molar-refractivity contribution < 1.29 is 9.53 Å². The molecule has 3 rings (SSSR count). The molecule has 1 aromatic heterocycles. The molecule has 1 N–H and O–H groups in total. The summed E-state index contributed by atoms with van der Waals surface area (Å²) in [5.41, 5.74) is 3.97. The van der Waals surface area contributed by atoms with Crippen LogP contribution < -0.4 is 10.3 Å². The van der Waals surface area contributed by atoms with E-state index in [9.17, 15) is 4.79 Å². The van der Waals surface area contributed by atoms with Gasteiger partial charge in [0.25, 0.3) is 0 Å². The number of amides is 1. The Bertz CT molecular complexity index is 775. The number of ether oxygens (including phenoxy) is 1. The van der Waals surface area contributed by atoms with Gasteiger partial charge in [-0.1, -0.05) is 29.3 Å². The first-order chi connectivity index (χ1) is 12.1. The van der Waals surface area contributed by atoms with Crippen molar-refractivity contribution in [1.82, 2.24) is 10.4 Å². The normalized spacial score (nSPS) is 14.9. The van der Waals surface area contributed by atoms with Gasteiger partial charge in [0.05, 0.1) is 41.6 Å². The fourth-order valence-corrected chi connectivity index (χ4v) is 3.44. The van der Waals surface area contributed by atoms with Crippen LogP contribution in [-0.2, 0) is 16.0 Å². The summed E-state index contributed by atoms with van der Waals surface area (Å²) < 4.78 is 5.33. The number of rotatable bonds is 5. The smallest absolute Gasteiger partial charge is 0.246 e. The molecule has 1 aromatic carbocycles. The van der Waals surface area contributed by atoms with Crippen molar-refractivity contribution >= 4 is 51.8 Å². The molecule has 0 spiro atoms. The lowest BCUT2D eigenvalue weighted by Crippen LogP contribution is -2.36. The largest absolute Gasteiger partial charge is 0.378 e. The second kappa shape index (κ2) is 8.62. The number of hydrazone groups is 1.